The molecule has 6 nitrogen and oxygen atoms in total. The Morgan fingerprint density at radius 1 is 0.520 bits per heavy atom. The maximum Gasteiger partial charge on any atom is 0.238 e. The van der Waals surface area contributed by atoms with E-state index in [9.17, 15) is 0 Å². The van der Waals surface area contributed by atoms with Crippen molar-refractivity contribution < 1.29 is 0 Å². The molecular formula is C44H30N6. The van der Waals surface area contributed by atoms with Gasteiger partial charge in [0.25, 0.3) is 0 Å². The highest BCUT2D eigenvalue weighted by molar-refractivity contribution is 6.11. The smallest absolute Gasteiger partial charge is 0.238 e. The molecule has 0 fully saturated rings. The summed E-state index contributed by atoms with van der Waals surface area (Å²) < 4.78 is 4.60. The number of rotatable bonds is 5. The Labute approximate surface area is 288 Å². The summed E-state index contributed by atoms with van der Waals surface area (Å²) in [6.07, 6.45) is 8.51. The van der Waals surface area contributed by atoms with Gasteiger partial charge in [-0.05, 0) is 43.2 Å². The van der Waals surface area contributed by atoms with Gasteiger partial charge in [-0.15, -0.1) is 0 Å². The van der Waals surface area contributed by atoms with Gasteiger partial charge in [0.15, 0.2) is 11.6 Å². The van der Waals surface area contributed by atoms with Gasteiger partial charge in [-0.1, -0.05) is 121 Å². The fourth-order valence-corrected chi connectivity index (χ4v) is 7.47. The summed E-state index contributed by atoms with van der Waals surface area (Å²) in [5.41, 5.74) is 10.8. The summed E-state index contributed by atoms with van der Waals surface area (Å²) in [4.78, 5) is 20.3. The molecule has 1 aliphatic rings. The summed E-state index contributed by atoms with van der Waals surface area (Å²) in [7, 11) is 0. The van der Waals surface area contributed by atoms with Gasteiger partial charge in [-0.3, -0.25) is 9.55 Å². The van der Waals surface area contributed by atoms with E-state index in [2.05, 4.69) is 100 Å². The molecule has 5 aromatic carbocycles. The summed E-state index contributed by atoms with van der Waals surface area (Å²) in [6, 6.07) is 48.2. The van der Waals surface area contributed by atoms with Crippen LogP contribution in [-0.2, 0) is 6.42 Å². The number of pyridine rings is 1. The minimum atomic E-state index is 0.570. The highest BCUT2D eigenvalue weighted by atomic mass is 15.2. The normalized spacial score (nSPS) is 12.6. The first-order valence-electron chi connectivity index (χ1n) is 17.0. The zero-order valence-corrected chi connectivity index (χ0v) is 27.1. The van der Waals surface area contributed by atoms with Gasteiger partial charge < -0.3 is 4.57 Å². The molecule has 0 radical (unpaired) electrons. The molecule has 0 saturated heterocycles. The van der Waals surface area contributed by atoms with Crippen LogP contribution in [0.1, 0.15) is 17.7 Å². The molecule has 9 aromatic rings. The third kappa shape index (κ3) is 4.49. The van der Waals surface area contributed by atoms with E-state index in [1.807, 2.05) is 66.9 Å². The average Bonchev–Trinajstić information content (AvgIpc) is 3.71. The molecule has 10 rings (SSSR count). The number of hydrogen-bond acceptors (Lipinski definition) is 4. The van der Waals surface area contributed by atoms with E-state index in [1.54, 1.807) is 0 Å². The molecule has 0 aliphatic heterocycles. The molecule has 50 heavy (non-hydrogen) atoms. The number of hydrogen-bond donors (Lipinski definition) is 0. The van der Waals surface area contributed by atoms with Crippen LogP contribution in [-0.4, -0.2) is 29.1 Å². The van der Waals surface area contributed by atoms with E-state index < -0.39 is 0 Å². The monoisotopic (exact) mass is 642 g/mol. The number of aromatic nitrogens is 6. The molecule has 4 heterocycles. The van der Waals surface area contributed by atoms with Gasteiger partial charge in [0.1, 0.15) is 0 Å². The van der Waals surface area contributed by atoms with Crippen molar-refractivity contribution in [3.8, 4) is 45.7 Å². The van der Waals surface area contributed by atoms with Crippen molar-refractivity contribution in [2.45, 2.75) is 12.8 Å². The third-order valence-corrected chi connectivity index (χ3v) is 9.70. The molecule has 0 saturated carbocycles. The third-order valence-electron chi connectivity index (χ3n) is 9.70. The minimum absolute atomic E-state index is 0.570. The van der Waals surface area contributed by atoms with Gasteiger partial charge in [-0.25, -0.2) is 4.98 Å². The standard InChI is InChI=1S/C44H30N6/c1-4-14-29(15-5-1)42-46-43(30-16-6-2-7-17-30)48-44(47-42)50-38-23-13-10-20-33(38)35-25-24-31(28-39(35)50)40-41-36(26-27-45-40)34-21-11-12-22-37(34)49(41)32-18-8-3-9-19-32/h1-11,13-21,23-28H,12,22H2. The van der Waals surface area contributed by atoms with Crippen LogP contribution >= 0.6 is 0 Å². The van der Waals surface area contributed by atoms with Crippen molar-refractivity contribution in [1.29, 1.82) is 0 Å². The van der Waals surface area contributed by atoms with Gasteiger partial charge >= 0.3 is 0 Å². The minimum Gasteiger partial charge on any atom is -0.311 e. The van der Waals surface area contributed by atoms with Crippen LogP contribution in [0.25, 0.3) is 84.5 Å². The summed E-state index contributed by atoms with van der Waals surface area (Å²) in [6.45, 7) is 0. The average molecular weight is 643 g/mol. The number of fused-ring (bicyclic) bond motifs is 6. The second kappa shape index (κ2) is 11.5. The fourth-order valence-electron chi connectivity index (χ4n) is 7.47. The van der Waals surface area contributed by atoms with Crippen molar-refractivity contribution in [3.05, 3.63) is 163 Å². The lowest BCUT2D eigenvalue weighted by Gasteiger charge is -2.14. The van der Waals surface area contributed by atoms with Crippen LogP contribution in [0.4, 0.5) is 0 Å². The SMILES string of the molecule is C1=Cc2c(n(-c3ccccc3)c3c(-c4ccc5c6ccccc6n(-c6nc(-c7ccccc7)nc(-c7ccccc7)n6)c5c4)nccc23)CC1. The maximum absolute atomic E-state index is 5.14. The van der Waals surface area contributed by atoms with Crippen molar-refractivity contribution in [3.63, 3.8) is 0 Å². The predicted octanol–water partition coefficient (Wildman–Crippen LogP) is 10.3. The highest BCUT2D eigenvalue weighted by Gasteiger charge is 2.23. The number of allylic oxidation sites excluding steroid dienone is 1. The van der Waals surface area contributed by atoms with Crippen molar-refractivity contribution >= 4 is 38.8 Å². The number of nitrogens with zero attached hydrogens (tertiary/aromatic N) is 6. The summed E-state index contributed by atoms with van der Waals surface area (Å²) in [5.74, 6) is 1.82. The lowest BCUT2D eigenvalue weighted by Crippen LogP contribution is -2.06. The molecule has 0 unspecified atom stereocenters. The molecule has 236 valence electrons. The second-order valence-electron chi connectivity index (χ2n) is 12.6. The maximum atomic E-state index is 5.14. The zero-order chi connectivity index (χ0) is 33.0. The predicted molar refractivity (Wildman–Crippen MR) is 202 cm³/mol. The van der Waals surface area contributed by atoms with Gasteiger partial charge in [0.2, 0.25) is 5.95 Å². The Hall–Kier alpha value is -6.66. The van der Waals surface area contributed by atoms with Gasteiger partial charge in [-0.2, -0.15) is 9.97 Å². The molecule has 1 aliphatic carbocycles. The van der Waals surface area contributed by atoms with E-state index in [1.165, 1.54) is 16.6 Å². The van der Waals surface area contributed by atoms with E-state index in [-0.39, 0.29) is 0 Å². The van der Waals surface area contributed by atoms with Crippen LogP contribution in [0.2, 0.25) is 0 Å². The molecule has 0 spiro atoms. The van der Waals surface area contributed by atoms with Crippen molar-refractivity contribution in [1.82, 2.24) is 29.1 Å². The number of benzene rings is 5. The highest BCUT2D eigenvalue weighted by Crippen LogP contribution is 2.40. The first kappa shape index (κ1) is 28.4. The quantitative estimate of drug-likeness (QED) is 0.187. The van der Waals surface area contributed by atoms with E-state index in [4.69, 9.17) is 19.9 Å². The molecule has 0 atom stereocenters. The lowest BCUT2D eigenvalue weighted by molar-refractivity contribution is 0.888. The van der Waals surface area contributed by atoms with Crippen molar-refractivity contribution in [2.24, 2.45) is 0 Å². The molecule has 0 amide bonds. The molecule has 4 aromatic heterocycles. The molecule has 6 heteroatoms. The largest absolute Gasteiger partial charge is 0.311 e. The second-order valence-corrected chi connectivity index (χ2v) is 12.6. The van der Waals surface area contributed by atoms with Crippen LogP contribution in [0.5, 0.6) is 0 Å². The summed E-state index contributed by atoms with van der Waals surface area (Å²) >= 11 is 0. The zero-order valence-electron chi connectivity index (χ0n) is 27.1. The van der Waals surface area contributed by atoms with Gasteiger partial charge in [0.05, 0.1) is 22.2 Å². The lowest BCUT2D eigenvalue weighted by atomic mass is 10.0. The first-order chi connectivity index (χ1) is 24.8. The number of para-hydroxylation sites is 2. The van der Waals surface area contributed by atoms with E-state index in [0.717, 1.165) is 68.2 Å². The Morgan fingerprint density at radius 2 is 1.18 bits per heavy atom. The Bertz CT molecular complexity index is 2680. The first-order valence-corrected chi connectivity index (χ1v) is 17.0. The van der Waals surface area contributed by atoms with Crippen LogP contribution in [0.3, 0.4) is 0 Å². The fraction of sp³-hybridized carbons (Fsp3) is 0.0455. The van der Waals surface area contributed by atoms with Gasteiger partial charge in [0, 0.05) is 56.0 Å². The van der Waals surface area contributed by atoms with E-state index >= 15 is 0 Å². The molecule has 0 bridgehead atoms. The van der Waals surface area contributed by atoms with Crippen LogP contribution in [0.15, 0.2) is 152 Å². The van der Waals surface area contributed by atoms with E-state index in [0.29, 0.717) is 17.6 Å². The Balaban J connectivity index is 1.26. The van der Waals surface area contributed by atoms with Crippen LogP contribution in [0, 0.1) is 0 Å². The Morgan fingerprint density at radius 3 is 1.92 bits per heavy atom. The molecule has 0 N–H and O–H groups in total. The van der Waals surface area contributed by atoms with Crippen LogP contribution < -0.4 is 0 Å². The molecular weight excluding hydrogens is 613 g/mol. The topological polar surface area (TPSA) is 61.4 Å². The summed E-state index contributed by atoms with van der Waals surface area (Å²) in [5, 5.41) is 3.47. The Kier molecular flexibility index (Phi) is 6.52. The van der Waals surface area contributed by atoms with Crippen molar-refractivity contribution in [2.75, 3.05) is 0 Å².